The van der Waals surface area contributed by atoms with E-state index in [4.69, 9.17) is 14.5 Å². The lowest BCUT2D eigenvalue weighted by molar-refractivity contribution is -0.131. The quantitative estimate of drug-likeness (QED) is 0.407. The Morgan fingerprint density at radius 1 is 1.21 bits per heavy atom. The first-order valence-corrected chi connectivity index (χ1v) is 12.5. The van der Waals surface area contributed by atoms with Crippen LogP contribution in [0, 0.1) is 0 Å². The van der Waals surface area contributed by atoms with Crippen molar-refractivity contribution in [1.29, 1.82) is 0 Å². The van der Waals surface area contributed by atoms with Gasteiger partial charge in [0.2, 0.25) is 0 Å². The zero-order chi connectivity index (χ0) is 24.1. The van der Waals surface area contributed by atoms with Crippen LogP contribution in [0.4, 0.5) is 0 Å². The van der Waals surface area contributed by atoms with Crippen molar-refractivity contribution in [2.24, 2.45) is 4.99 Å². The molecule has 5 nitrogen and oxygen atoms in total. The minimum Gasteiger partial charge on any atom is -0.484 e. The Bertz CT molecular complexity index is 1030. The number of carbonyl (C=O) groups excluding carboxylic acids is 1. The smallest absolute Gasteiger partial charge is 0.295 e. The number of nitrogens with zero attached hydrogens (tertiary/aromatic N) is 2. The standard InChI is InChI=1S/C29H36N2O3/c1-5-6-7-8-11-23-14-17-25(18-15-23)33-20-27(32)31(21(2)3)28-30-29(19-26(29)34-28)24-12-9-10-22(4)13-16-24/h9-10,12-18,21,26H,4-8,11,19-20H2,1-3H3. The number of hydrogen-bond donors (Lipinski definition) is 0. The summed E-state index contributed by atoms with van der Waals surface area (Å²) in [6, 6.07) is 8.37. The summed E-state index contributed by atoms with van der Waals surface area (Å²) in [5.41, 5.74) is 2.94. The zero-order valence-corrected chi connectivity index (χ0v) is 20.6. The van der Waals surface area contributed by atoms with Crippen molar-refractivity contribution < 1.29 is 14.3 Å². The fourth-order valence-electron chi connectivity index (χ4n) is 4.49. The van der Waals surface area contributed by atoms with Gasteiger partial charge in [-0.1, -0.05) is 75.3 Å². The number of benzene rings is 1. The molecule has 1 heterocycles. The molecule has 0 aromatic heterocycles. The molecule has 34 heavy (non-hydrogen) atoms. The fourth-order valence-corrected chi connectivity index (χ4v) is 4.49. The van der Waals surface area contributed by atoms with E-state index >= 15 is 0 Å². The average Bonchev–Trinajstić information content (AvgIpc) is 3.46. The largest absolute Gasteiger partial charge is 0.484 e. The predicted octanol–water partition coefficient (Wildman–Crippen LogP) is 5.93. The molecule has 3 aliphatic rings. The Morgan fingerprint density at radius 2 is 2.00 bits per heavy atom. The Hall–Kier alpha value is -3.08. The summed E-state index contributed by atoms with van der Waals surface area (Å²) in [7, 11) is 0. The molecule has 0 saturated heterocycles. The highest BCUT2D eigenvalue weighted by atomic mass is 16.5. The van der Waals surface area contributed by atoms with Gasteiger partial charge in [-0.2, -0.15) is 0 Å². The van der Waals surface area contributed by atoms with Gasteiger partial charge in [0.05, 0.1) is 0 Å². The molecule has 2 aliphatic carbocycles. The lowest BCUT2D eigenvalue weighted by Gasteiger charge is -2.26. The van der Waals surface area contributed by atoms with Crippen molar-refractivity contribution in [2.45, 2.75) is 77.0 Å². The van der Waals surface area contributed by atoms with E-state index in [0.717, 1.165) is 24.0 Å². The molecule has 2 unspecified atom stereocenters. The monoisotopic (exact) mass is 460 g/mol. The molecule has 1 aromatic carbocycles. The molecule has 5 heteroatoms. The maximum Gasteiger partial charge on any atom is 0.295 e. The molecule has 180 valence electrons. The van der Waals surface area contributed by atoms with Crippen LogP contribution in [0.1, 0.15) is 58.4 Å². The van der Waals surface area contributed by atoms with Gasteiger partial charge in [-0.25, -0.2) is 4.99 Å². The molecule has 0 N–H and O–H groups in total. The number of fused-ring (bicyclic) bond motifs is 1. The summed E-state index contributed by atoms with van der Waals surface area (Å²) in [6.45, 7) is 10.1. The van der Waals surface area contributed by atoms with Crippen molar-refractivity contribution in [3.8, 4) is 5.75 Å². The van der Waals surface area contributed by atoms with Gasteiger partial charge < -0.3 is 9.47 Å². The highest BCUT2D eigenvalue weighted by Gasteiger charge is 2.64. The van der Waals surface area contributed by atoms with Crippen molar-refractivity contribution >= 4 is 11.9 Å². The zero-order valence-electron chi connectivity index (χ0n) is 20.6. The SMILES string of the molecule is C=C1C=CC=C(C23CC2OC(N(C(=O)COc2ccc(CCCCCC)cc2)C(C)C)=N3)C=C1. The molecule has 1 aromatic rings. The van der Waals surface area contributed by atoms with E-state index in [0.29, 0.717) is 11.8 Å². The van der Waals surface area contributed by atoms with Crippen molar-refractivity contribution in [3.63, 3.8) is 0 Å². The van der Waals surface area contributed by atoms with E-state index in [1.807, 2.05) is 44.2 Å². The molecule has 1 aliphatic heterocycles. The van der Waals surface area contributed by atoms with Gasteiger partial charge >= 0.3 is 0 Å². The lowest BCUT2D eigenvalue weighted by atomic mass is 10.0. The predicted molar refractivity (Wildman–Crippen MR) is 137 cm³/mol. The number of amides is 1. The van der Waals surface area contributed by atoms with E-state index in [1.165, 1.54) is 31.2 Å². The van der Waals surface area contributed by atoms with Crippen LogP contribution in [0.3, 0.4) is 0 Å². The van der Waals surface area contributed by atoms with Gasteiger partial charge in [-0.15, -0.1) is 0 Å². The third-order valence-electron chi connectivity index (χ3n) is 6.57. The van der Waals surface area contributed by atoms with Crippen LogP contribution in [0.2, 0.25) is 0 Å². The molecule has 2 atom stereocenters. The molecular formula is C29H36N2O3. The van der Waals surface area contributed by atoms with E-state index < -0.39 is 5.54 Å². The summed E-state index contributed by atoms with van der Waals surface area (Å²) in [5.74, 6) is 0.538. The summed E-state index contributed by atoms with van der Waals surface area (Å²) in [4.78, 5) is 19.6. The number of aliphatic imine (C=N–C) groups is 1. The van der Waals surface area contributed by atoms with Gasteiger partial charge in [0.25, 0.3) is 11.9 Å². The summed E-state index contributed by atoms with van der Waals surface area (Å²) in [5, 5.41) is 0. The Labute approximate surface area is 203 Å². The second kappa shape index (κ2) is 10.5. The maximum absolute atomic E-state index is 13.1. The number of hydrogen-bond acceptors (Lipinski definition) is 4. The Morgan fingerprint density at radius 3 is 2.74 bits per heavy atom. The van der Waals surface area contributed by atoms with Crippen LogP contribution >= 0.6 is 0 Å². The Kier molecular flexibility index (Phi) is 7.40. The summed E-state index contributed by atoms with van der Waals surface area (Å²) >= 11 is 0. The topological polar surface area (TPSA) is 51.1 Å². The lowest BCUT2D eigenvalue weighted by Crippen LogP contribution is -2.45. The van der Waals surface area contributed by atoms with Crippen LogP contribution in [-0.2, 0) is 16.0 Å². The molecule has 4 rings (SSSR count). The Balaban J connectivity index is 1.37. The van der Waals surface area contributed by atoms with Gasteiger partial charge in [-0.05, 0) is 55.5 Å². The molecule has 0 bridgehead atoms. The van der Waals surface area contributed by atoms with Gasteiger partial charge in [-0.3, -0.25) is 9.69 Å². The summed E-state index contributed by atoms with van der Waals surface area (Å²) < 4.78 is 11.9. The molecule has 0 radical (unpaired) electrons. The number of allylic oxidation sites excluding steroid dienone is 5. The number of rotatable bonds is 10. The minimum absolute atomic E-state index is 0.0296. The van der Waals surface area contributed by atoms with Gasteiger partial charge in [0.1, 0.15) is 17.4 Å². The van der Waals surface area contributed by atoms with Crippen LogP contribution in [0.15, 0.2) is 77.4 Å². The van der Waals surface area contributed by atoms with Crippen LogP contribution in [0.25, 0.3) is 0 Å². The minimum atomic E-state index is -0.401. The number of ether oxygens (including phenoxy) is 2. The average molecular weight is 461 g/mol. The highest BCUT2D eigenvalue weighted by molar-refractivity contribution is 5.97. The van der Waals surface area contributed by atoms with E-state index in [2.05, 4.69) is 37.8 Å². The molecule has 1 saturated carbocycles. The van der Waals surface area contributed by atoms with Crippen molar-refractivity contribution in [3.05, 3.63) is 77.9 Å². The third kappa shape index (κ3) is 5.35. The first kappa shape index (κ1) is 24.1. The first-order chi connectivity index (χ1) is 16.4. The molecule has 0 spiro atoms. The van der Waals surface area contributed by atoms with Crippen LogP contribution < -0.4 is 4.74 Å². The molecule has 1 amide bonds. The second-order valence-electron chi connectivity index (χ2n) is 9.62. The second-order valence-corrected chi connectivity index (χ2v) is 9.62. The van der Waals surface area contributed by atoms with E-state index in [-0.39, 0.29) is 24.7 Å². The third-order valence-corrected chi connectivity index (χ3v) is 6.57. The first-order valence-electron chi connectivity index (χ1n) is 12.5. The number of unbranched alkanes of at least 4 members (excludes halogenated alkanes) is 3. The normalized spacial score (nSPS) is 22.6. The van der Waals surface area contributed by atoms with Gasteiger partial charge in [0.15, 0.2) is 6.61 Å². The number of amidine groups is 1. The van der Waals surface area contributed by atoms with E-state index in [9.17, 15) is 4.79 Å². The number of carbonyl (C=O) groups is 1. The van der Waals surface area contributed by atoms with E-state index in [1.54, 1.807) is 4.90 Å². The van der Waals surface area contributed by atoms with Crippen LogP contribution in [0.5, 0.6) is 5.75 Å². The highest BCUT2D eigenvalue weighted by Crippen LogP contribution is 2.53. The van der Waals surface area contributed by atoms with Crippen molar-refractivity contribution in [1.82, 2.24) is 4.90 Å². The summed E-state index contributed by atoms with van der Waals surface area (Å²) in [6.07, 6.45) is 16.9. The van der Waals surface area contributed by atoms with Gasteiger partial charge in [0, 0.05) is 12.5 Å². The molecule has 1 fully saturated rings. The number of aryl methyl sites for hydroxylation is 1. The van der Waals surface area contributed by atoms with Crippen LogP contribution in [-0.4, -0.2) is 41.1 Å². The maximum atomic E-state index is 13.1. The van der Waals surface area contributed by atoms with Crippen molar-refractivity contribution in [2.75, 3.05) is 6.61 Å². The fraction of sp³-hybridized carbons (Fsp3) is 0.448. The molecular weight excluding hydrogens is 424 g/mol.